The molecule has 2 aromatic carbocycles. The van der Waals surface area contributed by atoms with Crippen molar-refractivity contribution >= 4 is 29.0 Å². The molecule has 0 saturated carbocycles. The second-order valence-corrected chi connectivity index (χ2v) is 4.97. The van der Waals surface area contributed by atoms with E-state index < -0.39 is 5.38 Å². The highest BCUT2D eigenvalue weighted by Gasteiger charge is 2.20. The number of benzene rings is 2. The van der Waals surface area contributed by atoms with Gasteiger partial charge in [0, 0.05) is 10.6 Å². The molecule has 3 heteroatoms. The van der Waals surface area contributed by atoms with Gasteiger partial charge in [-0.25, -0.2) is 0 Å². The fraction of sp³-hybridized carbons (Fsp3) is 0.133. The van der Waals surface area contributed by atoms with E-state index in [0.29, 0.717) is 10.6 Å². The second kappa shape index (κ2) is 5.55. The molecule has 0 spiro atoms. The van der Waals surface area contributed by atoms with Gasteiger partial charge >= 0.3 is 0 Å². The van der Waals surface area contributed by atoms with Gasteiger partial charge in [-0.15, -0.1) is 11.6 Å². The van der Waals surface area contributed by atoms with Crippen LogP contribution in [-0.4, -0.2) is 5.78 Å². The van der Waals surface area contributed by atoms with Crippen LogP contribution in [0.15, 0.2) is 48.5 Å². The van der Waals surface area contributed by atoms with Crippen molar-refractivity contribution in [3.8, 4) is 0 Å². The normalized spacial score (nSPS) is 12.2. The lowest BCUT2D eigenvalue weighted by molar-refractivity contribution is 0.0986. The molecule has 0 fully saturated rings. The third kappa shape index (κ3) is 2.74. The van der Waals surface area contributed by atoms with Crippen LogP contribution in [0.2, 0.25) is 5.02 Å². The van der Waals surface area contributed by atoms with Gasteiger partial charge in [-0.1, -0.05) is 41.9 Å². The van der Waals surface area contributed by atoms with Crippen LogP contribution in [0.1, 0.15) is 26.9 Å². The first kappa shape index (κ1) is 13.1. The Morgan fingerprint density at radius 3 is 2.39 bits per heavy atom. The van der Waals surface area contributed by atoms with Crippen molar-refractivity contribution in [3.63, 3.8) is 0 Å². The number of carbonyl (C=O) groups is 1. The van der Waals surface area contributed by atoms with Crippen molar-refractivity contribution in [2.75, 3.05) is 0 Å². The van der Waals surface area contributed by atoms with E-state index in [-0.39, 0.29) is 5.78 Å². The van der Waals surface area contributed by atoms with Crippen molar-refractivity contribution in [2.24, 2.45) is 0 Å². The third-order valence-electron chi connectivity index (χ3n) is 2.78. The molecular weight excluding hydrogens is 267 g/mol. The first-order valence-electron chi connectivity index (χ1n) is 5.59. The standard InChI is InChI=1S/C15H12Cl2O/c1-10-9-12(16)7-8-13(10)15(18)14(17)11-5-3-2-4-6-11/h2-9,14H,1H3. The predicted molar refractivity (Wildman–Crippen MR) is 75.6 cm³/mol. The summed E-state index contributed by atoms with van der Waals surface area (Å²) in [5.41, 5.74) is 2.26. The predicted octanol–water partition coefficient (Wildman–Crippen LogP) is 4.81. The number of halogens is 2. The summed E-state index contributed by atoms with van der Waals surface area (Å²) in [4.78, 5) is 12.3. The van der Waals surface area contributed by atoms with Crippen molar-refractivity contribution in [1.82, 2.24) is 0 Å². The van der Waals surface area contributed by atoms with Crippen LogP contribution < -0.4 is 0 Å². The van der Waals surface area contributed by atoms with Crippen molar-refractivity contribution in [3.05, 3.63) is 70.2 Å². The molecule has 0 radical (unpaired) electrons. The van der Waals surface area contributed by atoms with E-state index in [4.69, 9.17) is 23.2 Å². The molecule has 0 bridgehead atoms. The number of hydrogen-bond donors (Lipinski definition) is 0. The van der Waals surface area contributed by atoms with E-state index in [0.717, 1.165) is 11.1 Å². The van der Waals surface area contributed by atoms with E-state index in [1.807, 2.05) is 37.3 Å². The van der Waals surface area contributed by atoms with Gasteiger partial charge in [0.05, 0.1) is 0 Å². The molecule has 0 aliphatic carbocycles. The maximum atomic E-state index is 12.3. The second-order valence-electron chi connectivity index (χ2n) is 4.10. The Morgan fingerprint density at radius 2 is 1.78 bits per heavy atom. The van der Waals surface area contributed by atoms with Gasteiger partial charge in [-0.05, 0) is 36.2 Å². The number of aryl methyl sites for hydroxylation is 1. The highest BCUT2D eigenvalue weighted by Crippen LogP contribution is 2.27. The molecule has 92 valence electrons. The van der Waals surface area contributed by atoms with Crippen molar-refractivity contribution in [1.29, 1.82) is 0 Å². The van der Waals surface area contributed by atoms with E-state index in [1.165, 1.54) is 0 Å². The summed E-state index contributed by atoms with van der Waals surface area (Å²) >= 11 is 12.1. The topological polar surface area (TPSA) is 17.1 Å². The van der Waals surface area contributed by atoms with Crippen molar-refractivity contribution in [2.45, 2.75) is 12.3 Å². The Hall–Kier alpha value is -1.31. The Labute approximate surface area is 116 Å². The van der Waals surface area contributed by atoms with Crippen LogP contribution in [0, 0.1) is 6.92 Å². The molecule has 0 N–H and O–H groups in total. The highest BCUT2D eigenvalue weighted by atomic mass is 35.5. The fourth-order valence-electron chi connectivity index (χ4n) is 1.81. The molecule has 0 amide bonds. The molecular formula is C15H12Cl2O. The molecule has 0 heterocycles. The zero-order valence-corrected chi connectivity index (χ0v) is 11.4. The summed E-state index contributed by atoms with van der Waals surface area (Å²) in [6.45, 7) is 1.85. The monoisotopic (exact) mass is 278 g/mol. The Morgan fingerprint density at radius 1 is 1.11 bits per heavy atom. The van der Waals surface area contributed by atoms with Gasteiger partial charge in [0.1, 0.15) is 5.38 Å². The number of hydrogen-bond acceptors (Lipinski definition) is 1. The van der Waals surface area contributed by atoms with Crippen LogP contribution in [0.4, 0.5) is 0 Å². The molecule has 0 saturated heterocycles. The van der Waals surface area contributed by atoms with E-state index in [1.54, 1.807) is 18.2 Å². The fourth-order valence-corrected chi connectivity index (χ4v) is 2.30. The molecule has 1 atom stereocenters. The SMILES string of the molecule is Cc1cc(Cl)ccc1C(=O)C(Cl)c1ccccc1. The number of ketones is 1. The van der Waals surface area contributed by atoms with Gasteiger partial charge in [-0.2, -0.15) is 0 Å². The largest absolute Gasteiger partial charge is 0.292 e. The Kier molecular flexibility index (Phi) is 4.05. The zero-order chi connectivity index (χ0) is 13.1. The first-order chi connectivity index (χ1) is 8.59. The van der Waals surface area contributed by atoms with E-state index in [2.05, 4.69) is 0 Å². The minimum atomic E-state index is -0.661. The number of alkyl halides is 1. The van der Waals surface area contributed by atoms with Crippen LogP contribution >= 0.6 is 23.2 Å². The lowest BCUT2D eigenvalue weighted by Gasteiger charge is -2.11. The quantitative estimate of drug-likeness (QED) is 0.582. The van der Waals surface area contributed by atoms with Gasteiger partial charge < -0.3 is 0 Å². The summed E-state index contributed by atoms with van der Waals surface area (Å²) in [6, 6.07) is 14.5. The van der Waals surface area contributed by atoms with Gasteiger partial charge in [0.15, 0.2) is 5.78 Å². The van der Waals surface area contributed by atoms with E-state index in [9.17, 15) is 4.79 Å². The summed E-state index contributed by atoms with van der Waals surface area (Å²) in [5, 5.41) is -0.0408. The molecule has 18 heavy (non-hydrogen) atoms. The van der Waals surface area contributed by atoms with Gasteiger partial charge in [0.25, 0.3) is 0 Å². The van der Waals surface area contributed by atoms with E-state index >= 15 is 0 Å². The molecule has 0 aliphatic heterocycles. The molecule has 2 aromatic rings. The first-order valence-corrected chi connectivity index (χ1v) is 6.40. The molecule has 1 unspecified atom stereocenters. The molecule has 1 nitrogen and oxygen atoms in total. The molecule has 2 rings (SSSR count). The summed E-state index contributed by atoms with van der Waals surface area (Å²) < 4.78 is 0. The number of Topliss-reactive ketones (excluding diaryl/α,β-unsaturated/α-hetero) is 1. The zero-order valence-electron chi connectivity index (χ0n) is 9.86. The van der Waals surface area contributed by atoms with Gasteiger partial charge in [-0.3, -0.25) is 4.79 Å². The third-order valence-corrected chi connectivity index (χ3v) is 3.46. The maximum Gasteiger partial charge on any atom is 0.185 e. The number of carbonyl (C=O) groups excluding carboxylic acids is 1. The minimum absolute atomic E-state index is 0.1000. The lowest BCUT2D eigenvalue weighted by Crippen LogP contribution is -2.09. The minimum Gasteiger partial charge on any atom is -0.292 e. The number of rotatable bonds is 3. The Balaban J connectivity index is 2.32. The average Bonchev–Trinajstić information content (AvgIpc) is 2.38. The lowest BCUT2D eigenvalue weighted by atomic mass is 9.99. The van der Waals surface area contributed by atoms with Crippen LogP contribution in [0.25, 0.3) is 0 Å². The Bertz CT molecular complexity index is 564. The summed E-state index contributed by atoms with van der Waals surface area (Å²) in [6.07, 6.45) is 0. The van der Waals surface area contributed by atoms with Crippen LogP contribution in [0.5, 0.6) is 0 Å². The molecule has 0 aliphatic rings. The van der Waals surface area contributed by atoms with Crippen molar-refractivity contribution < 1.29 is 4.79 Å². The van der Waals surface area contributed by atoms with Gasteiger partial charge in [0.2, 0.25) is 0 Å². The average molecular weight is 279 g/mol. The highest BCUT2D eigenvalue weighted by molar-refractivity contribution is 6.34. The maximum absolute atomic E-state index is 12.3. The van der Waals surface area contributed by atoms with Crippen LogP contribution in [-0.2, 0) is 0 Å². The summed E-state index contributed by atoms with van der Waals surface area (Å²) in [5.74, 6) is -0.1000. The smallest absolute Gasteiger partial charge is 0.185 e. The molecule has 0 aromatic heterocycles. The summed E-state index contributed by atoms with van der Waals surface area (Å²) in [7, 11) is 0. The van der Waals surface area contributed by atoms with Crippen LogP contribution in [0.3, 0.4) is 0 Å².